The van der Waals surface area contributed by atoms with Gasteiger partial charge in [0.15, 0.2) is 5.65 Å². The second kappa shape index (κ2) is 13.3. The van der Waals surface area contributed by atoms with Gasteiger partial charge in [-0.2, -0.15) is 0 Å². The average molecular weight is 648 g/mol. The van der Waals surface area contributed by atoms with Gasteiger partial charge >= 0.3 is 0 Å². The van der Waals surface area contributed by atoms with Crippen molar-refractivity contribution in [2.24, 2.45) is 5.92 Å². The maximum Gasteiger partial charge on any atom is 0.262 e. The van der Waals surface area contributed by atoms with Crippen molar-refractivity contribution in [3.8, 4) is 11.4 Å². The number of carbonyl (C=O) groups excluding carboxylic acids is 1. The summed E-state index contributed by atoms with van der Waals surface area (Å²) in [6.07, 6.45) is 8.49. The molecule has 0 spiro atoms. The molecule has 2 aliphatic heterocycles. The highest BCUT2D eigenvalue weighted by atomic mass is 16.5. The summed E-state index contributed by atoms with van der Waals surface area (Å²) in [7, 11) is 1.62. The van der Waals surface area contributed by atoms with E-state index in [2.05, 4.69) is 32.0 Å². The third-order valence-corrected chi connectivity index (χ3v) is 9.95. The highest BCUT2D eigenvalue weighted by Gasteiger charge is 2.41. The fourth-order valence-corrected chi connectivity index (χ4v) is 7.20. The molecule has 2 aliphatic rings. The van der Waals surface area contributed by atoms with Crippen molar-refractivity contribution in [3.63, 3.8) is 0 Å². The van der Waals surface area contributed by atoms with Gasteiger partial charge in [0.05, 0.1) is 36.0 Å². The first-order valence-corrected chi connectivity index (χ1v) is 16.6. The highest BCUT2D eigenvalue weighted by molar-refractivity contribution is 5.80. The van der Waals surface area contributed by atoms with Gasteiger partial charge in [0.2, 0.25) is 5.91 Å². The number of rotatable bonds is 8. The summed E-state index contributed by atoms with van der Waals surface area (Å²) < 4.78 is 8.62. The van der Waals surface area contributed by atoms with Crippen LogP contribution in [0.15, 0.2) is 90.4 Å². The summed E-state index contributed by atoms with van der Waals surface area (Å²) in [5.41, 5.74) is 3.08. The van der Waals surface area contributed by atoms with Crippen molar-refractivity contribution in [3.05, 3.63) is 113 Å². The number of methoxy groups -OCH3 is 1. The van der Waals surface area contributed by atoms with E-state index >= 15 is 0 Å². The molecule has 248 valence electrons. The Morgan fingerprint density at radius 2 is 1.75 bits per heavy atom. The molecule has 1 amide bonds. The summed E-state index contributed by atoms with van der Waals surface area (Å²) >= 11 is 0. The summed E-state index contributed by atoms with van der Waals surface area (Å²) in [4.78, 5) is 45.4. The van der Waals surface area contributed by atoms with E-state index in [9.17, 15) is 14.7 Å². The van der Waals surface area contributed by atoms with Crippen LogP contribution in [0.2, 0.25) is 0 Å². The number of fused-ring (bicyclic) bond motifs is 1. The Bertz CT molecular complexity index is 1930. The minimum absolute atomic E-state index is 0.0493. The Morgan fingerprint density at radius 3 is 2.46 bits per heavy atom. The van der Waals surface area contributed by atoms with E-state index in [1.54, 1.807) is 19.4 Å². The maximum absolute atomic E-state index is 14.1. The lowest BCUT2D eigenvalue weighted by molar-refractivity contribution is -0.142. The van der Waals surface area contributed by atoms with Crippen molar-refractivity contribution in [2.45, 2.75) is 50.8 Å². The molecule has 2 saturated heterocycles. The van der Waals surface area contributed by atoms with E-state index in [0.29, 0.717) is 43.5 Å². The Balaban J connectivity index is 1.02. The number of nitrogens with zero attached hydrogens (tertiary/aromatic N) is 7. The van der Waals surface area contributed by atoms with Crippen molar-refractivity contribution in [2.75, 3.05) is 33.3 Å². The van der Waals surface area contributed by atoms with Crippen LogP contribution in [-0.4, -0.2) is 83.8 Å². The molecule has 7 rings (SSSR count). The third kappa shape index (κ3) is 6.48. The minimum atomic E-state index is -1.12. The number of carbonyl (C=O) groups is 1. The van der Waals surface area contributed by atoms with Crippen LogP contribution < -0.4 is 10.3 Å². The zero-order valence-corrected chi connectivity index (χ0v) is 27.4. The molecule has 2 aromatic carbocycles. The molecular weight excluding hydrogens is 606 g/mol. The van der Waals surface area contributed by atoms with Gasteiger partial charge in [-0.1, -0.05) is 30.3 Å². The molecule has 48 heavy (non-hydrogen) atoms. The lowest BCUT2D eigenvalue weighted by Gasteiger charge is -2.43. The van der Waals surface area contributed by atoms with Crippen LogP contribution in [0.3, 0.4) is 0 Å². The number of ether oxygens (including phenoxy) is 1. The van der Waals surface area contributed by atoms with Crippen molar-refractivity contribution < 1.29 is 14.6 Å². The predicted octanol–water partition coefficient (Wildman–Crippen LogP) is 3.95. The Labute approximate surface area is 279 Å². The van der Waals surface area contributed by atoms with Gasteiger partial charge in [0, 0.05) is 62.3 Å². The van der Waals surface area contributed by atoms with E-state index in [-0.39, 0.29) is 29.8 Å². The number of aliphatic hydroxyl groups is 1. The summed E-state index contributed by atoms with van der Waals surface area (Å²) in [6.45, 7) is 5.18. The third-order valence-electron chi connectivity index (χ3n) is 9.95. The molecule has 5 aromatic rings. The summed E-state index contributed by atoms with van der Waals surface area (Å²) in [5, 5.41) is 12.1. The topological polar surface area (TPSA) is 119 Å². The van der Waals surface area contributed by atoms with Crippen molar-refractivity contribution >= 4 is 16.9 Å². The van der Waals surface area contributed by atoms with Gasteiger partial charge in [0.1, 0.15) is 12.1 Å². The molecule has 0 aliphatic carbocycles. The average Bonchev–Trinajstić information content (AvgIpc) is 3.56. The first kappa shape index (κ1) is 31.7. The number of aryl methyl sites for hydroxylation is 1. The molecule has 5 heterocycles. The quantitative estimate of drug-likeness (QED) is 0.269. The highest BCUT2D eigenvalue weighted by Crippen LogP contribution is 2.36. The van der Waals surface area contributed by atoms with Gasteiger partial charge in [-0.15, -0.1) is 0 Å². The standard InChI is InChI=1S/C37H41N7O4/c1-26-20-39-28(21-38-26)22-41-16-12-31(33(23-41)27-6-4-3-5-7-27)35(45)42-18-14-37(47,15-19-42)24-43-25-40-34-32(36(43)46)13-17-44(34)29-8-10-30(48-2)11-9-29/h3-11,13,17,20-21,25,31,33,47H,12,14-16,18-19,22-24H2,1-2H3/t31-,33+/m1/s1. The van der Waals surface area contributed by atoms with E-state index < -0.39 is 5.60 Å². The smallest absolute Gasteiger partial charge is 0.262 e. The van der Waals surface area contributed by atoms with Gasteiger partial charge in [-0.05, 0) is 68.6 Å². The van der Waals surface area contributed by atoms with Crippen LogP contribution in [0.1, 0.15) is 42.1 Å². The molecule has 0 saturated carbocycles. The molecule has 0 unspecified atom stereocenters. The van der Waals surface area contributed by atoms with Crippen molar-refractivity contribution in [1.82, 2.24) is 33.9 Å². The molecule has 2 atom stereocenters. The molecule has 11 heteroatoms. The Hall–Kier alpha value is -4.87. The lowest BCUT2D eigenvalue weighted by Crippen LogP contribution is -2.53. The molecule has 0 radical (unpaired) electrons. The molecule has 0 bridgehead atoms. The monoisotopic (exact) mass is 647 g/mol. The van der Waals surface area contributed by atoms with Crippen molar-refractivity contribution in [1.29, 1.82) is 0 Å². The first-order valence-electron chi connectivity index (χ1n) is 16.6. The number of piperidine rings is 2. The number of benzene rings is 2. The van der Waals surface area contributed by atoms with Gasteiger partial charge in [-0.25, -0.2) is 4.98 Å². The van der Waals surface area contributed by atoms with Gasteiger partial charge in [0.25, 0.3) is 5.56 Å². The van der Waals surface area contributed by atoms with E-state index in [1.807, 2.05) is 71.2 Å². The zero-order valence-electron chi connectivity index (χ0n) is 27.4. The Kier molecular flexibility index (Phi) is 8.81. The van der Waals surface area contributed by atoms with Crippen LogP contribution >= 0.6 is 0 Å². The minimum Gasteiger partial charge on any atom is -0.497 e. The lowest BCUT2D eigenvalue weighted by atomic mass is 9.79. The predicted molar refractivity (Wildman–Crippen MR) is 182 cm³/mol. The van der Waals surface area contributed by atoms with E-state index in [4.69, 9.17) is 4.74 Å². The van der Waals surface area contributed by atoms with E-state index in [0.717, 1.165) is 47.9 Å². The van der Waals surface area contributed by atoms with E-state index in [1.165, 1.54) is 10.9 Å². The number of likely N-dealkylation sites (tertiary alicyclic amines) is 2. The van der Waals surface area contributed by atoms with Crippen LogP contribution in [-0.2, 0) is 17.9 Å². The van der Waals surface area contributed by atoms with Crippen LogP contribution in [0, 0.1) is 12.8 Å². The SMILES string of the molecule is COc1ccc(-n2ccc3c(=O)n(CC4(O)CCN(C(=O)[C@@H]5CCN(Cc6cnc(C)cn6)C[C@H]5c5ccccc5)CC4)cnc32)cc1. The number of aromatic nitrogens is 5. The number of hydrogen-bond acceptors (Lipinski definition) is 8. The normalized spacial score (nSPS) is 19.8. The second-order valence-corrected chi connectivity index (χ2v) is 13.1. The summed E-state index contributed by atoms with van der Waals surface area (Å²) in [5.74, 6) is 0.787. The fourth-order valence-electron chi connectivity index (χ4n) is 7.20. The molecule has 11 nitrogen and oxygen atoms in total. The first-order chi connectivity index (χ1) is 23.3. The maximum atomic E-state index is 14.1. The largest absolute Gasteiger partial charge is 0.497 e. The molecule has 3 aromatic heterocycles. The number of amides is 1. The van der Waals surface area contributed by atoms with Crippen LogP contribution in [0.25, 0.3) is 16.7 Å². The number of hydrogen-bond donors (Lipinski definition) is 1. The molecular formula is C37H41N7O4. The summed E-state index contributed by atoms with van der Waals surface area (Å²) in [6, 6.07) is 19.6. The van der Waals surface area contributed by atoms with Crippen LogP contribution in [0.4, 0.5) is 0 Å². The van der Waals surface area contributed by atoms with Gasteiger partial charge in [-0.3, -0.25) is 29.0 Å². The molecule has 2 fully saturated rings. The fraction of sp³-hybridized carbons (Fsp3) is 0.378. The zero-order chi connectivity index (χ0) is 33.3. The van der Waals surface area contributed by atoms with Gasteiger partial charge < -0.3 is 19.3 Å². The Morgan fingerprint density at radius 1 is 0.979 bits per heavy atom. The molecule has 1 N–H and O–H groups in total. The second-order valence-electron chi connectivity index (χ2n) is 13.1. The van der Waals surface area contributed by atoms with Crippen LogP contribution in [0.5, 0.6) is 5.75 Å².